The van der Waals surface area contributed by atoms with Crippen molar-refractivity contribution in [2.24, 2.45) is 51.2 Å². The molecule has 2 aromatic rings. The summed E-state index contributed by atoms with van der Waals surface area (Å²) in [5.41, 5.74) is 4.24. The summed E-state index contributed by atoms with van der Waals surface area (Å²) in [6.07, 6.45) is 40.1. The average molecular weight is 731 g/mol. The SMILES string of the molecule is C#C.C#C.C#C.C=C.CC.CC1(C)C(c2ccc(C(=O)O)cc2)=CC[C@@]2(C)C1CC[C@@]1(C)C3CC[C@@]4(C(=O)NCc5ccccn5)CCCC4[C@H]3CCC12. The van der Waals surface area contributed by atoms with Crippen LogP contribution in [0.4, 0.5) is 0 Å². The van der Waals surface area contributed by atoms with Gasteiger partial charge in [0.2, 0.25) is 5.91 Å². The third-order valence-electron chi connectivity index (χ3n) is 14.1. The van der Waals surface area contributed by atoms with E-state index in [2.05, 4.69) is 95.8 Å². The van der Waals surface area contributed by atoms with Gasteiger partial charge in [-0.25, -0.2) is 4.79 Å². The molecule has 8 atom stereocenters. The van der Waals surface area contributed by atoms with Gasteiger partial charge in [-0.05, 0) is 139 Å². The number of hydrogen-bond donors (Lipinski definition) is 2. The minimum atomic E-state index is -0.870. The number of benzene rings is 1. The number of carboxylic acids is 1. The van der Waals surface area contributed by atoms with Gasteiger partial charge >= 0.3 is 5.97 Å². The highest BCUT2D eigenvalue weighted by atomic mass is 16.4. The molecule has 5 aliphatic carbocycles. The molecule has 5 heteroatoms. The number of nitrogens with zero attached hydrogens (tertiary/aromatic N) is 1. The lowest BCUT2D eigenvalue weighted by molar-refractivity contribution is -0.181. The van der Waals surface area contributed by atoms with Gasteiger partial charge in [0, 0.05) is 6.20 Å². The summed E-state index contributed by atoms with van der Waals surface area (Å²) in [7, 11) is 0. The fourth-order valence-corrected chi connectivity index (χ4v) is 12.3. The van der Waals surface area contributed by atoms with Crippen LogP contribution < -0.4 is 5.32 Å². The number of carbonyl (C=O) groups excluding carboxylic acids is 1. The second-order valence-electron chi connectivity index (χ2n) is 16.1. The van der Waals surface area contributed by atoms with Crippen LogP contribution in [0.15, 0.2) is 67.9 Å². The first-order valence-corrected chi connectivity index (χ1v) is 19.7. The molecule has 0 saturated heterocycles. The average Bonchev–Trinajstić information content (AvgIpc) is 3.67. The van der Waals surface area contributed by atoms with Crippen molar-refractivity contribution in [3.63, 3.8) is 0 Å². The Morgan fingerprint density at radius 1 is 0.796 bits per heavy atom. The number of terminal acetylenes is 3. The van der Waals surface area contributed by atoms with E-state index in [0.29, 0.717) is 47.1 Å². The quantitative estimate of drug-likeness (QED) is 0.237. The molecule has 0 aliphatic heterocycles. The third kappa shape index (κ3) is 8.10. The maximum atomic E-state index is 13.9. The first kappa shape index (κ1) is 45.6. The molecule has 5 aliphatic rings. The number of aromatic carboxylic acids is 1. The van der Waals surface area contributed by atoms with Crippen LogP contribution in [0, 0.1) is 89.8 Å². The van der Waals surface area contributed by atoms with Crippen molar-refractivity contribution < 1.29 is 14.7 Å². The molecule has 0 radical (unpaired) electrons. The van der Waals surface area contributed by atoms with E-state index >= 15 is 0 Å². The van der Waals surface area contributed by atoms with Gasteiger partial charge in [0.05, 0.1) is 23.2 Å². The molecule has 0 spiro atoms. The molecule has 2 N–H and O–H groups in total. The van der Waals surface area contributed by atoms with Gasteiger partial charge in [0.15, 0.2) is 0 Å². The molecule has 4 unspecified atom stereocenters. The van der Waals surface area contributed by atoms with Crippen molar-refractivity contribution in [2.75, 3.05) is 0 Å². The van der Waals surface area contributed by atoms with E-state index in [4.69, 9.17) is 0 Å². The molecule has 290 valence electrons. The zero-order valence-electron chi connectivity index (χ0n) is 34.0. The Hall–Kier alpha value is -4.53. The van der Waals surface area contributed by atoms with Crippen LogP contribution in [-0.4, -0.2) is 22.0 Å². The highest BCUT2D eigenvalue weighted by molar-refractivity contribution is 5.88. The standard InChI is InChI=1S/C39H50N2O3.C2H6.C2H4.3C2H2/c1-36(2)29(25-10-12-26(13-11-25)34(42)43)16-20-38(4)32(36)18-21-37(3)30-17-22-39(35(44)41-24-27-8-5-6-23-40-27)19-7-9-31(39)28(30)14-15-33(37)38;5*1-2/h5-6,8,10-13,16,23,28,30-33H,7,9,14-15,17-22,24H2,1-4H3,(H,41,44)(H,42,43);1-2H3;1-2H2;3*1-2H/t28-,30?,31?,32?,33?,37-,38-,39-;;;;;/m0...../s1. The van der Waals surface area contributed by atoms with E-state index in [1.807, 2.05) is 44.2 Å². The molecular formula is C49H66N2O3. The summed E-state index contributed by atoms with van der Waals surface area (Å²) in [5, 5.41) is 12.7. The fraction of sp³-hybridized carbons (Fsp3) is 0.531. The van der Waals surface area contributed by atoms with Gasteiger partial charge in [-0.3, -0.25) is 9.78 Å². The Labute approximate surface area is 328 Å². The van der Waals surface area contributed by atoms with Crippen molar-refractivity contribution in [1.82, 2.24) is 10.3 Å². The van der Waals surface area contributed by atoms with Gasteiger partial charge in [-0.15, -0.1) is 51.7 Å². The number of fused-ring (bicyclic) bond motifs is 7. The minimum Gasteiger partial charge on any atom is -0.478 e. The summed E-state index contributed by atoms with van der Waals surface area (Å²) >= 11 is 0. The van der Waals surface area contributed by atoms with Crippen molar-refractivity contribution in [2.45, 2.75) is 112 Å². The van der Waals surface area contributed by atoms with Gasteiger partial charge in [-0.2, -0.15) is 0 Å². The van der Waals surface area contributed by atoms with Gasteiger partial charge < -0.3 is 10.4 Å². The summed E-state index contributed by atoms with van der Waals surface area (Å²) in [5.74, 6) is 2.57. The topological polar surface area (TPSA) is 79.3 Å². The van der Waals surface area contributed by atoms with Crippen molar-refractivity contribution in [3.8, 4) is 38.5 Å². The number of amides is 1. The zero-order chi connectivity index (χ0) is 40.9. The van der Waals surface area contributed by atoms with Gasteiger partial charge in [0.25, 0.3) is 0 Å². The highest BCUT2D eigenvalue weighted by Gasteiger charge is 2.66. The van der Waals surface area contributed by atoms with E-state index in [1.165, 1.54) is 56.1 Å². The number of hydrogen-bond acceptors (Lipinski definition) is 3. The number of carboxylic acid groups (broad SMARTS) is 1. The van der Waals surface area contributed by atoms with Crippen molar-refractivity contribution in [1.29, 1.82) is 0 Å². The Balaban J connectivity index is 0.000000934. The lowest BCUT2D eigenvalue weighted by Crippen LogP contribution is -2.62. The summed E-state index contributed by atoms with van der Waals surface area (Å²) in [6.45, 7) is 20.7. The van der Waals surface area contributed by atoms with Crippen LogP contribution in [-0.2, 0) is 11.3 Å². The molecular weight excluding hydrogens is 665 g/mol. The Kier molecular flexibility index (Phi) is 16.6. The van der Waals surface area contributed by atoms with E-state index in [-0.39, 0.29) is 22.2 Å². The Bertz CT molecular complexity index is 1600. The summed E-state index contributed by atoms with van der Waals surface area (Å²) in [4.78, 5) is 29.9. The zero-order valence-corrected chi connectivity index (χ0v) is 34.0. The molecule has 1 aromatic heterocycles. The third-order valence-corrected chi connectivity index (χ3v) is 14.1. The van der Waals surface area contributed by atoms with Gasteiger partial charge in [0.1, 0.15) is 0 Å². The highest BCUT2D eigenvalue weighted by Crippen LogP contribution is 2.73. The smallest absolute Gasteiger partial charge is 0.335 e. The monoisotopic (exact) mass is 731 g/mol. The van der Waals surface area contributed by atoms with Crippen LogP contribution >= 0.6 is 0 Å². The number of allylic oxidation sites excluding steroid dienone is 2. The van der Waals surface area contributed by atoms with Crippen LogP contribution in [0.2, 0.25) is 0 Å². The molecule has 1 amide bonds. The van der Waals surface area contributed by atoms with E-state index in [9.17, 15) is 14.7 Å². The number of carbonyl (C=O) groups is 2. The summed E-state index contributed by atoms with van der Waals surface area (Å²) < 4.78 is 0. The molecule has 5 nitrogen and oxygen atoms in total. The number of aromatic nitrogens is 1. The van der Waals surface area contributed by atoms with Crippen LogP contribution in [0.5, 0.6) is 0 Å². The lowest BCUT2D eigenvalue weighted by atomic mass is 9.36. The molecule has 54 heavy (non-hydrogen) atoms. The Morgan fingerprint density at radius 3 is 2.04 bits per heavy atom. The number of rotatable bonds is 5. The second-order valence-corrected chi connectivity index (χ2v) is 16.1. The Morgan fingerprint density at radius 2 is 1.44 bits per heavy atom. The largest absolute Gasteiger partial charge is 0.478 e. The van der Waals surface area contributed by atoms with E-state index in [0.717, 1.165) is 25.0 Å². The van der Waals surface area contributed by atoms with Crippen molar-refractivity contribution in [3.05, 3.63) is 84.7 Å². The van der Waals surface area contributed by atoms with Crippen LogP contribution in [0.1, 0.15) is 127 Å². The molecule has 4 saturated carbocycles. The fourth-order valence-electron chi connectivity index (χ4n) is 12.3. The minimum absolute atomic E-state index is 0.0226. The van der Waals surface area contributed by atoms with Gasteiger partial charge in [-0.1, -0.05) is 72.2 Å². The first-order chi connectivity index (χ1) is 26.0. The molecule has 4 fully saturated rings. The number of nitrogens with one attached hydrogen (secondary N) is 1. The van der Waals surface area contributed by atoms with Crippen LogP contribution in [0.25, 0.3) is 5.57 Å². The molecule has 1 aromatic carbocycles. The van der Waals surface area contributed by atoms with Crippen molar-refractivity contribution >= 4 is 17.4 Å². The summed E-state index contributed by atoms with van der Waals surface area (Å²) in [6, 6.07) is 13.5. The van der Waals surface area contributed by atoms with E-state index < -0.39 is 5.97 Å². The maximum absolute atomic E-state index is 13.9. The molecule has 7 rings (SSSR count). The molecule has 0 bridgehead atoms. The predicted molar refractivity (Wildman–Crippen MR) is 226 cm³/mol. The predicted octanol–water partition coefficient (Wildman–Crippen LogP) is 11.1. The normalized spacial score (nSPS) is 31.9. The first-order valence-electron chi connectivity index (χ1n) is 19.7. The lowest BCUT2D eigenvalue weighted by Gasteiger charge is -2.68. The van der Waals surface area contributed by atoms with Crippen LogP contribution in [0.3, 0.4) is 0 Å². The second kappa shape index (κ2) is 19.7. The number of pyridine rings is 1. The van der Waals surface area contributed by atoms with E-state index in [1.54, 1.807) is 18.3 Å². The molecule has 1 heterocycles. The maximum Gasteiger partial charge on any atom is 0.335 e.